The van der Waals surface area contributed by atoms with E-state index in [1.165, 1.54) is 0 Å². The summed E-state index contributed by atoms with van der Waals surface area (Å²) >= 11 is 5.94. The molecule has 1 aliphatic heterocycles. The molecule has 4 rings (SSSR count). The molecule has 170 valence electrons. The maximum absolute atomic E-state index is 13.2. The predicted octanol–water partition coefficient (Wildman–Crippen LogP) is 4.76. The number of carbonyl (C=O) groups is 2. The van der Waals surface area contributed by atoms with E-state index in [0.717, 1.165) is 16.7 Å². The van der Waals surface area contributed by atoms with Crippen LogP contribution in [-0.4, -0.2) is 30.9 Å². The van der Waals surface area contributed by atoms with E-state index in [0.29, 0.717) is 35.2 Å². The van der Waals surface area contributed by atoms with Gasteiger partial charge in [-0.25, -0.2) is 0 Å². The molecule has 0 radical (unpaired) electrons. The summed E-state index contributed by atoms with van der Waals surface area (Å²) in [5, 5.41) is 3.60. The molecule has 1 atom stereocenters. The zero-order valence-electron chi connectivity index (χ0n) is 18.5. The number of hydrogen-bond acceptors (Lipinski definition) is 4. The highest BCUT2D eigenvalue weighted by Gasteiger charge is 2.34. The van der Waals surface area contributed by atoms with Crippen LogP contribution in [0.2, 0.25) is 5.02 Å². The minimum Gasteiger partial charge on any atom is -0.493 e. The molecule has 1 heterocycles. The number of fused-ring (bicyclic) bond motifs is 1. The number of nitrogens with one attached hydrogen (secondary N) is 1. The molecule has 1 aliphatic rings. The SMILES string of the molecule is COc1ccc([C@H](CC(=O)NCc2ccc(Cl)cc2)N2Cc3ccccc3C2=O)cc1OC. The third-order valence-electron chi connectivity index (χ3n) is 5.80. The summed E-state index contributed by atoms with van der Waals surface area (Å²) in [6.07, 6.45) is 0.114. The van der Waals surface area contributed by atoms with Crippen LogP contribution >= 0.6 is 11.6 Å². The van der Waals surface area contributed by atoms with E-state index >= 15 is 0 Å². The molecule has 3 aromatic rings. The Hall–Kier alpha value is -3.51. The molecule has 3 aromatic carbocycles. The number of benzene rings is 3. The molecule has 0 spiro atoms. The Morgan fingerprint density at radius 1 is 1.03 bits per heavy atom. The Balaban J connectivity index is 1.58. The summed E-state index contributed by atoms with van der Waals surface area (Å²) < 4.78 is 10.8. The molecule has 0 unspecified atom stereocenters. The first kappa shape index (κ1) is 22.7. The van der Waals surface area contributed by atoms with Gasteiger partial charge in [0.15, 0.2) is 11.5 Å². The highest BCUT2D eigenvalue weighted by molar-refractivity contribution is 6.30. The molecular formula is C26H25ClN2O4. The van der Waals surface area contributed by atoms with Crippen molar-refractivity contribution >= 4 is 23.4 Å². The van der Waals surface area contributed by atoms with E-state index in [9.17, 15) is 9.59 Å². The minimum atomic E-state index is -0.463. The summed E-state index contributed by atoms with van der Waals surface area (Å²) in [5.41, 5.74) is 3.37. The van der Waals surface area contributed by atoms with Gasteiger partial charge in [-0.2, -0.15) is 0 Å². The van der Waals surface area contributed by atoms with Crippen LogP contribution in [0.3, 0.4) is 0 Å². The van der Waals surface area contributed by atoms with Gasteiger partial charge in [-0.15, -0.1) is 0 Å². The van der Waals surface area contributed by atoms with Gasteiger partial charge in [0.2, 0.25) is 5.91 Å². The molecule has 0 aliphatic carbocycles. The molecule has 0 aromatic heterocycles. The maximum atomic E-state index is 13.2. The van der Waals surface area contributed by atoms with Gasteiger partial charge in [-0.05, 0) is 47.0 Å². The van der Waals surface area contributed by atoms with E-state index in [1.54, 1.807) is 37.3 Å². The number of rotatable bonds is 8. The lowest BCUT2D eigenvalue weighted by atomic mass is 10.0. The van der Waals surface area contributed by atoms with Crippen molar-refractivity contribution in [2.24, 2.45) is 0 Å². The molecule has 33 heavy (non-hydrogen) atoms. The van der Waals surface area contributed by atoms with Gasteiger partial charge >= 0.3 is 0 Å². The second kappa shape index (κ2) is 9.96. The smallest absolute Gasteiger partial charge is 0.255 e. The number of hydrogen-bond donors (Lipinski definition) is 1. The van der Waals surface area contributed by atoms with Crippen LogP contribution in [0.1, 0.15) is 39.5 Å². The van der Waals surface area contributed by atoms with E-state index in [4.69, 9.17) is 21.1 Å². The Morgan fingerprint density at radius 3 is 2.45 bits per heavy atom. The van der Waals surface area contributed by atoms with Gasteiger partial charge in [-0.3, -0.25) is 9.59 Å². The molecule has 1 N–H and O–H groups in total. The van der Waals surface area contributed by atoms with Crippen LogP contribution in [-0.2, 0) is 17.9 Å². The van der Waals surface area contributed by atoms with E-state index in [2.05, 4.69) is 5.32 Å². The first-order chi connectivity index (χ1) is 16.0. The monoisotopic (exact) mass is 464 g/mol. The van der Waals surface area contributed by atoms with Gasteiger partial charge < -0.3 is 19.7 Å². The second-order valence-corrected chi connectivity index (χ2v) is 8.26. The van der Waals surface area contributed by atoms with Crippen LogP contribution in [0, 0.1) is 0 Å². The third kappa shape index (κ3) is 4.96. The predicted molar refractivity (Wildman–Crippen MR) is 127 cm³/mol. The first-order valence-electron chi connectivity index (χ1n) is 10.6. The van der Waals surface area contributed by atoms with Crippen molar-refractivity contribution in [2.75, 3.05) is 14.2 Å². The summed E-state index contributed by atoms with van der Waals surface area (Å²) in [4.78, 5) is 27.9. The average Bonchev–Trinajstić information content (AvgIpc) is 3.18. The highest BCUT2D eigenvalue weighted by atomic mass is 35.5. The Bertz CT molecular complexity index is 1160. The molecular weight excluding hydrogens is 440 g/mol. The normalized spacial score (nSPS) is 13.4. The summed E-state index contributed by atoms with van der Waals surface area (Å²) in [5.74, 6) is 0.887. The number of nitrogens with zero attached hydrogens (tertiary/aromatic N) is 1. The maximum Gasteiger partial charge on any atom is 0.255 e. The van der Waals surface area contributed by atoms with Crippen LogP contribution in [0.5, 0.6) is 11.5 Å². The van der Waals surface area contributed by atoms with Crippen molar-refractivity contribution in [3.63, 3.8) is 0 Å². The number of amides is 2. The van der Waals surface area contributed by atoms with Crippen molar-refractivity contribution in [1.29, 1.82) is 0 Å². The molecule has 2 amide bonds. The van der Waals surface area contributed by atoms with Crippen LogP contribution < -0.4 is 14.8 Å². The molecule has 0 bridgehead atoms. The first-order valence-corrected chi connectivity index (χ1v) is 11.0. The van der Waals surface area contributed by atoms with Crippen LogP contribution in [0.4, 0.5) is 0 Å². The fourth-order valence-electron chi connectivity index (χ4n) is 4.05. The number of ether oxygens (including phenoxy) is 2. The molecule has 0 saturated heterocycles. The van der Waals surface area contributed by atoms with Crippen molar-refractivity contribution in [3.05, 3.63) is 94.0 Å². The lowest BCUT2D eigenvalue weighted by molar-refractivity contribution is -0.122. The molecule has 0 fully saturated rings. The number of methoxy groups -OCH3 is 2. The van der Waals surface area contributed by atoms with Crippen LogP contribution in [0.15, 0.2) is 66.7 Å². The van der Waals surface area contributed by atoms with Crippen molar-refractivity contribution in [2.45, 2.75) is 25.6 Å². The standard InChI is InChI=1S/C26H25ClN2O4/c1-32-23-12-9-18(13-24(23)33-2)22(29-16-19-5-3-4-6-21(19)26(29)31)14-25(30)28-15-17-7-10-20(27)11-8-17/h3-13,22H,14-16H2,1-2H3,(H,28,30)/t22-/m0/s1. The third-order valence-corrected chi connectivity index (χ3v) is 6.05. The Morgan fingerprint density at radius 2 is 1.76 bits per heavy atom. The van der Waals surface area contributed by atoms with Gasteiger partial charge in [-0.1, -0.05) is 48.0 Å². The summed E-state index contributed by atoms with van der Waals surface area (Å²) in [7, 11) is 3.13. The van der Waals surface area contributed by atoms with E-state index in [-0.39, 0.29) is 18.2 Å². The highest BCUT2D eigenvalue weighted by Crippen LogP contribution is 2.37. The fourth-order valence-corrected chi connectivity index (χ4v) is 4.17. The number of halogens is 1. The van der Waals surface area contributed by atoms with Gasteiger partial charge in [0.25, 0.3) is 5.91 Å². The number of carbonyl (C=O) groups excluding carboxylic acids is 2. The lowest BCUT2D eigenvalue weighted by Crippen LogP contribution is -2.34. The summed E-state index contributed by atoms with van der Waals surface area (Å²) in [6, 6.07) is 19.9. The summed E-state index contributed by atoms with van der Waals surface area (Å²) in [6.45, 7) is 0.821. The van der Waals surface area contributed by atoms with E-state index < -0.39 is 6.04 Å². The molecule has 7 heteroatoms. The van der Waals surface area contributed by atoms with Crippen molar-refractivity contribution in [1.82, 2.24) is 10.2 Å². The Labute approximate surface area is 198 Å². The zero-order valence-corrected chi connectivity index (χ0v) is 19.3. The largest absolute Gasteiger partial charge is 0.493 e. The second-order valence-electron chi connectivity index (χ2n) is 7.83. The molecule has 6 nitrogen and oxygen atoms in total. The minimum absolute atomic E-state index is 0.0871. The van der Waals surface area contributed by atoms with Gasteiger partial charge in [0.1, 0.15) is 0 Å². The quantitative estimate of drug-likeness (QED) is 0.522. The van der Waals surface area contributed by atoms with Gasteiger partial charge in [0, 0.05) is 23.7 Å². The van der Waals surface area contributed by atoms with Gasteiger partial charge in [0.05, 0.1) is 26.7 Å². The Kier molecular flexibility index (Phi) is 6.84. The van der Waals surface area contributed by atoms with Crippen molar-refractivity contribution in [3.8, 4) is 11.5 Å². The topological polar surface area (TPSA) is 67.9 Å². The van der Waals surface area contributed by atoms with Crippen molar-refractivity contribution < 1.29 is 19.1 Å². The zero-order chi connectivity index (χ0) is 23.4. The lowest BCUT2D eigenvalue weighted by Gasteiger charge is -2.28. The molecule has 0 saturated carbocycles. The average molecular weight is 465 g/mol. The fraction of sp³-hybridized carbons (Fsp3) is 0.231. The van der Waals surface area contributed by atoms with Crippen LogP contribution in [0.25, 0.3) is 0 Å². The van der Waals surface area contributed by atoms with E-state index in [1.807, 2.05) is 48.5 Å².